The van der Waals surface area contributed by atoms with Gasteiger partial charge in [0, 0.05) is 29.5 Å². The van der Waals surface area contributed by atoms with Gasteiger partial charge in [-0.15, -0.1) is 11.3 Å². The first-order chi connectivity index (χ1) is 9.72. The lowest BCUT2D eigenvalue weighted by molar-refractivity contribution is 0.0951. The van der Waals surface area contributed by atoms with Crippen LogP contribution in [0.4, 0.5) is 5.69 Å². The molecule has 2 aromatic rings. The maximum atomic E-state index is 11.7. The van der Waals surface area contributed by atoms with Crippen molar-refractivity contribution in [2.75, 3.05) is 11.9 Å². The highest BCUT2D eigenvalue weighted by atomic mass is 32.1. The molecule has 0 spiro atoms. The molecule has 0 aliphatic heterocycles. The Bertz CT molecular complexity index is 582. The van der Waals surface area contributed by atoms with E-state index in [9.17, 15) is 4.79 Å². The molecular formula is C14H18N4OS. The number of aryl methyl sites for hydroxylation is 1. The first-order valence-corrected chi connectivity index (χ1v) is 7.46. The number of aromatic nitrogens is 2. The summed E-state index contributed by atoms with van der Waals surface area (Å²) in [6, 6.07) is 3.59. The molecule has 0 fully saturated rings. The Morgan fingerprint density at radius 3 is 2.90 bits per heavy atom. The predicted octanol–water partition coefficient (Wildman–Crippen LogP) is 2.46. The van der Waals surface area contributed by atoms with Crippen LogP contribution >= 0.6 is 11.3 Å². The van der Waals surface area contributed by atoms with E-state index in [4.69, 9.17) is 0 Å². The minimum atomic E-state index is -0.154. The van der Waals surface area contributed by atoms with E-state index in [1.165, 1.54) is 4.88 Å². The van der Waals surface area contributed by atoms with Gasteiger partial charge in [-0.25, -0.2) is 4.98 Å². The molecular weight excluding hydrogens is 272 g/mol. The molecule has 6 heteroatoms. The van der Waals surface area contributed by atoms with Crippen molar-refractivity contribution in [2.45, 2.75) is 26.8 Å². The Balaban J connectivity index is 1.99. The summed E-state index contributed by atoms with van der Waals surface area (Å²) in [6.07, 6.45) is 4.55. The monoisotopic (exact) mass is 290 g/mol. The second kappa shape index (κ2) is 7.00. The summed E-state index contributed by atoms with van der Waals surface area (Å²) >= 11 is 1.70. The van der Waals surface area contributed by atoms with Gasteiger partial charge in [-0.2, -0.15) is 0 Å². The van der Waals surface area contributed by atoms with Gasteiger partial charge in [0.05, 0.1) is 6.54 Å². The van der Waals surface area contributed by atoms with Gasteiger partial charge in [0.25, 0.3) is 5.91 Å². The standard InChI is InChI=1S/C14H18N4OS/c1-3-11-8-18-13(20-11)9-17-10-5-6-16-12(7-10)14(19)15-4-2/h5-8H,3-4,9H2,1-2H3,(H,15,19)(H,16,17). The summed E-state index contributed by atoms with van der Waals surface area (Å²) in [6.45, 7) is 5.25. The number of nitrogens with one attached hydrogen (secondary N) is 2. The average Bonchev–Trinajstić information content (AvgIpc) is 2.94. The molecule has 0 radical (unpaired) electrons. The lowest BCUT2D eigenvalue weighted by Crippen LogP contribution is -2.23. The molecule has 0 aliphatic rings. The Morgan fingerprint density at radius 2 is 2.20 bits per heavy atom. The summed E-state index contributed by atoms with van der Waals surface area (Å²) in [5, 5.41) is 7.04. The van der Waals surface area contributed by atoms with Gasteiger partial charge in [0.2, 0.25) is 0 Å². The van der Waals surface area contributed by atoms with Gasteiger partial charge in [0.15, 0.2) is 0 Å². The number of hydrogen-bond donors (Lipinski definition) is 2. The van der Waals surface area contributed by atoms with Gasteiger partial charge in [0.1, 0.15) is 10.7 Å². The van der Waals surface area contributed by atoms with Crippen LogP contribution in [0.15, 0.2) is 24.5 Å². The fourth-order valence-electron chi connectivity index (χ4n) is 1.69. The van der Waals surface area contributed by atoms with Crippen LogP contribution in [0.1, 0.15) is 34.2 Å². The fraction of sp³-hybridized carbons (Fsp3) is 0.357. The van der Waals surface area contributed by atoms with Gasteiger partial charge < -0.3 is 10.6 Å². The molecule has 20 heavy (non-hydrogen) atoms. The van der Waals surface area contributed by atoms with E-state index in [2.05, 4.69) is 27.5 Å². The largest absolute Gasteiger partial charge is 0.378 e. The fourth-order valence-corrected chi connectivity index (χ4v) is 2.49. The van der Waals surface area contributed by atoms with Crippen LogP contribution in [-0.2, 0) is 13.0 Å². The summed E-state index contributed by atoms with van der Waals surface area (Å²) in [5.74, 6) is -0.154. The zero-order chi connectivity index (χ0) is 14.4. The highest BCUT2D eigenvalue weighted by Gasteiger charge is 2.07. The van der Waals surface area contributed by atoms with E-state index >= 15 is 0 Å². The highest BCUT2D eigenvalue weighted by molar-refractivity contribution is 7.11. The van der Waals surface area contributed by atoms with Crippen LogP contribution in [-0.4, -0.2) is 22.4 Å². The number of amides is 1. The number of thiazole rings is 1. The maximum Gasteiger partial charge on any atom is 0.269 e. The second-order valence-corrected chi connectivity index (χ2v) is 5.42. The van der Waals surface area contributed by atoms with Crippen molar-refractivity contribution in [1.29, 1.82) is 0 Å². The molecule has 0 aromatic carbocycles. The number of rotatable bonds is 6. The average molecular weight is 290 g/mol. The van der Waals surface area contributed by atoms with Crippen molar-refractivity contribution >= 4 is 22.9 Å². The van der Waals surface area contributed by atoms with Crippen LogP contribution in [0.2, 0.25) is 0 Å². The third-order valence-electron chi connectivity index (χ3n) is 2.72. The first-order valence-electron chi connectivity index (χ1n) is 6.64. The first kappa shape index (κ1) is 14.5. The Morgan fingerprint density at radius 1 is 1.35 bits per heavy atom. The smallest absolute Gasteiger partial charge is 0.269 e. The van der Waals surface area contributed by atoms with E-state index in [1.807, 2.05) is 19.2 Å². The molecule has 0 atom stereocenters. The van der Waals surface area contributed by atoms with Gasteiger partial charge >= 0.3 is 0 Å². The molecule has 2 rings (SSSR count). The molecule has 2 N–H and O–H groups in total. The quantitative estimate of drug-likeness (QED) is 0.857. The SMILES string of the molecule is CCNC(=O)c1cc(NCc2ncc(CC)s2)ccn1. The normalized spacial score (nSPS) is 10.3. The predicted molar refractivity (Wildman–Crippen MR) is 81.1 cm³/mol. The summed E-state index contributed by atoms with van der Waals surface area (Å²) in [7, 11) is 0. The number of nitrogens with zero attached hydrogens (tertiary/aromatic N) is 2. The minimum Gasteiger partial charge on any atom is -0.378 e. The van der Waals surface area contributed by atoms with Crippen molar-refractivity contribution < 1.29 is 4.79 Å². The summed E-state index contributed by atoms with van der Waals surface area (Å²) in [5.41, 5.74) is 1.29. The molecule has 2 heterocycles. The second-order valence-electron chi connectivity index (χ2n) is 4.22. The van der Waals surface area contributed by atoms with E-state index in [1.54, 1.807) is 23.6 Å². The maximum absolute atomic E-state index is 11.7. The molecule has 0 saturated heterocycles. The molecule has 0 saturated carbocycles. The third kappa shape index (κ3) is 3.77. The van der Waals surface area contributed by atoms with E-state index in [0.717, 1.165) is 17.1 Å². The van der Waals surface area contributed by atoms with Crippen LogP contribution in [0, 0.1) is 0 Å². The molecule has 5 nitrogen and oxygen atoms in total. The molecule has 0 aliphatic carbocycles. The molecule has 0 bridgehead atoms. The van der Waals surface area contributed by atoms with Gasteiger partial charge in [-0.3, -0.25) is 9.78 Å². The Labute approximate surface area is 122 Å². The van der Waals surface area contributed by atoms with Crippen LogP contribution in [0.25, 0.3) is 0 Å². The number of carbonyl (C=O) groups excluding carboxylic acids is 1. The lowest BCUT2D eigenvalue weighted by Gasteiger charge is -2.06. The van der Waals surface area contributed by atoms with Gasteiger partial charge in [-0.1, -0.05) is 6.92 Å². The lowest BCUT2D eigenvalue weighted by atomic mass is 10.3. The highest BCUT2D eigenvalue weighted by Crippen LogP contribution is 2.15. The zero-order valence-electron chi connectivity index (χ0n) is 11.6. The number of anilines is 1. The van der Waals surface area contributed by atoms with Crippen LogP contribution in [0.5, 0.6) is 0 Å². The van der Waals surface area contributed by atoms with Crippen molar-refractivity contribution in [3.8, 4) is 0 Å². The summed E-state index contributed by atoms with van der Waals surface area (Å²) in [4.78, 5) is 21.4. The van der Waals surface area contributed by atoms with Crippen molar-refractivity contribution in [3.05, 3.63) is 40.1 Å². The number of hydrogen-bond acceptors (Lipinski definition) is 5. The van der Waals surface area contributed by atoms with Crippen molar-refractivity contribution in [3.63, 3.8) is 0 Å². The van der Waals surface area contributed by atoms with Gasteiger partial charge in [-0.05, 0) is 25.5 Å². The third-order valence-corrected chi connectivity index (χ3v) is 3.87. The van der Waals surface area contributed by atoms with Crippen molar-refractivity contribution in [1.82, 2.24) is 15.3 Å². The number of pyridine rings is 1. The molecule has 0 unspecified atom stereocenters. The van der Waals surface area contributed by atoms with Crippen LogP contribution < -0.4 is 10.6 Å². The minimum absolute atomic E-state index is 0.154. The molecule has 106 valence electrons. The van der Waals surface area contributed by atoms with Crippen molar-refractivity contribution in [2.24, 2.45) is 0 Å². The number of carbonyl (C=O) groups is 1. The topological polar surface area (TPSA) is 66.9 Å². The zero-order valence-corrected chi connectivity index (χ0v) is 12.5. The Hall–Kier alpha value is -1.95. The molecule has 1 amide bonds. The van der Waals surface area contributed by atoms with E-state index in [-0.39, 0.29) is 5.91 Å². The van der Waals surface area contributed by atoms with E-state index in [0.29, 0.717) is 18.8 Å². The Kier molecular flexibility index (Phi) is 5.06. The molecule has 2 aromatic heterocycles. The van der Waals surface area contributed by atoms with Crippen LogP contribution in [0.3, 0.4) is 0 Å². The van der Waals surface area contributed by atoms with E-state index < -0.39 is 0 Å². The summed E-state index contributed by atoms with van der Waals surface area (Å²) < 4.78 is 0.